The summed E-state index contributed by atoms with van der Waals surface area (Å²) in [7, 11) is 4.94. The number of imidazole rings is 1. The quantitative estimate of drug-likeness (QED) is 0.437. The summed E-state index contributed by atoms with van der Waals surface area (Å²) in [4.78, 5) is 17.6. The van der Waals surface area contributed by atoms with Gasteiger partial charge in [0.05, 0.1) is 63.1 Å². The van der Waals surface area contributed by atoms with E-state index in [2.05, 4.69) is 15.4 Å². The van der Waals surface area contributed by atoms with Gasteiger partial charge < -0.3 is 24.3 Å². The van der Waals surface area contributed by atoms with Gasteiger partial charge in [0.25, 0.3) is 5.91 Å². The van der Waals surface area contributed by atoms with E-state index in [0.717, 1.165) is 27.8 Å². The zero-order valence-electron chi connectivity index (χ0n) is 19.9. The van der Waals surface area contributed by atoms with Crippen LogP contribution < -0.4 is 14.8 Å². The first-order valence-electron chi connectivity index (χ1n) is 11.3. The first-order valence-corrected chi connectivity index (χ1v) is 11.3. The van der Waals surface area contributed by atoms with Crippen molar-refractivity contribution in [2.75, 3.05) is 40.6 Å². The third-order valence-electron chi connectivity index (χ3n) is 5.96. The fourth-order valence-electron chi connectivity index (χ4n) is 4.18. The zero-order valence-corrected chi connectivity index (χ0v) is 19.9. The monoisotopic (exact) mass is 477 g/mol. The van der Waals surface area contributed by atoms with Gasteiger partial charge in [0.1, 0.15) is 23.4 Å². The molecule has 0 saturated carbocycles. The minimum Gasteiger partial charge on any atom is -0.496 e. The largest absolute Gasteiger partial charge is 0.496 e. The van der Waals surface area contributed by atoms with Crippen molar-refractivity contribution in [2.45, 2.75) is 6.10 Å². The molecule has 1 fully saturated rings. The Balaban J connectivity index is 1.45. The highest BCUT2D eigenvalue weighted by atomic mass is 16.6. The molecule has 1 amide bonds. The molecule has 35 heavy (non-hydrogen) atoms. The number of ether oxygens (including phenoxy) is 4. The van der Waals surface area contributed by atoms with Gasteiger partial charge in [-0.05, 0) is 17.7 Å². The number of carbonyl (C=O) groups is 1. The van der Waals surface area contributed by atoms with Gasteiger partial charge in [-0.25, -0.2) is 4.98 Å². The molecule has 5 rings (SSSR count). The van der Waals surface area contributed by atoms with Crippen LogP contribution in [0.3, 0.4) is 0 Å². The van der Waals surface area contributed by atoms with Crippen LogP contribution in [-0.2, 0) is 16.5 Å². The Bertz CT molecular complexity index is 1330. The SMILES string of the molecule is COc1cc(-n2cnc3cc(-c4cnn(C)c4)ccc32)cc(OC)c1C(=O)NC[C@@H]1COCCO1. The van der Waals surface area contributed by atoms with Crippen LogP contribution in [0.1, 0.15) is 10.4 Å². The van der Waals surface area contributed by atoms with Gasteiger partial charge in [-0.3, -0.25) is 14.0 Å². The predicted octanol–water partition coefficient (Wildman–Crippen LogP) is 2.59. The van der Waals surface area contributed by atoms with Crippen LogP contribution in [0, 0.1) is 0 Å². The molecule has 1 N–H and O–H groups in total. The number of methoxy groups -OCH3 is 2. The van der Waals surface area contributed by atoms with Crippen molar-refractivity contribution in [3.63, 3.8) is 0 Å². The smallest absolute Gasteiger partial charge is 0.258 e. The fraction of sp³-hybridized carbons (Fsp3) is 0.320. The van der Waals surface area contributed by atoms with E-state index in [1.807, 2.05) is 42.2 Å². The number of benzene rings is 2. The molecule has 1 aliphatic rings. The maximum Gasteiger partial charge on any atom is 0.258 e. The maximum absolute atomic E-state index is 13.0. The summed E-state index contributed by atoms with van der Waals surface area (Å²) >= 11 is 0. The second-order valence-corrected chi connectivity index (χ2v) is 8.22. The molecule has 0 aliphatic carbocycles. The van der Waals surface area contributed by atoms with Gasteiger partial charge in [-0.1, -0.05) is 6.07 Å². The van der Waals surface area contributed by atoms with Crippen molar-refractivity contribution >= 4 is 16.9 Å². The zero-order chi connectivity index (χ0) is 24.4. The Morgan fingerprint density at radius 2 is 1.94 bits per heavy atom. The van der Waals surface area contributed by atoms with Crippen LogP contribution >= 0.6 is 0 Å². The summed E-state index contributed by atoms with van der Waals surface area (Å²) in [5.74, 6) is 0.481. The lowest BCUT2D eigenvalue weighted by atomic mass is 10.1. The normalized spacial score (nSPS) is 15.8. The summed E-state index contributed by atoms with van der Waals surface area (Å²) in [6.07, 6.45) is 5.35. The molecule has 0 unspecified atom stereocenters. The van der Waals surface area contributed by atoms with Gasteiger partial charge in [0.2, 0.25) is 0 Å². The first kappa shape index (κ1) is 22.9. The van der Waals surface area contributed by atoms with Crippen LogP contribution in [-0.4, -0.2) is 71.9 Å². The molecule has 0 spiro atoms. The highest BCUT2D eigenvalue weighted by Gasteiger charge is 2.23. The average Bonchev–Trinajstić information content (AvgIpc) is 3.52. The molecule has 182 valence electrons. The van der Waals surface area contributed by atoms with Gasteiger partial charge in [0, 0.05) is 37.5 Å². The molecular formula is C25H27N5O5. The molecule has 4 aromatic rings. The topological polar surface area (TPSA) is 102 Å². The number of aromatic nitrogens is 4. The second-order valence-electron chi connectivity index (χ2n) is 8.22. The summed E-state index contributed by atoms with van der Waals surface area (Å²) in [5.41, 5.74) is 4.88. The molecule has 2 aromatic carbocycles. The van der Waals surface area contributed by atoms with E-state index >= 15 is 0 Å². The number of hydrogen-bond acceptors (Lipinski definition) is 7. The lowest BCUT2D eigenvalue weighted by molar-refractivity contribution is -0.0855. The molecule has 0 radical (unpaired) electrons. The summed E-state index contributed by atoms with van der Waals surface area (Å²) < 4.78 is 25.9. The second kappa shape index (κ2) is 9.77. The molecule has 1 atom stereocenters. The van der Waals surface area contributed by atoms with E-state index in [4.69, 9.17) is 18.9 Å². The number of fused-ring (bicyclic) bond motifs is 1. The molecule has 0 bridgehead atoms. The van der Waals surface area contributed by atoms with Crippen LogP contribution in [0.2, 0.25) is 0 Å². The van der Waals surface area contributed by atoms with Crippen molar-refractivity contribution in [2.24, 2.45) is 7.05 Å². The van der Waals surface area contributed by atoms with E-state index in [1.54, 1.807) is 23.1 Å². The van der Waals surface area contributed by atoms with Gasteiger partial charge in [0.15, 0.2) is 0 Å². The minimum absolute atomic E-state index is 0.183. The highest BCUT2D eigenvalue weighted by molar-refractivity contribution is 6.00. The number of rotatable bonds is 7. The van der Waals surface area contributed by atoms with E-state index in [1.165, 1.54) is 14.2 Å². The van der Waals surface area contributed by atoms with Gasteiger partial charge in [-0.2, -0.15) is 5.10 Å². The lowest BCUT2D eigenvalue weighted by Crippen LogP contribution is -2.39. The van der Waals surface area contributed by atoms with E-state index in [0.29, 0.717) is 43.4 Å². The van der Waals surface area contributed by atoms with Crippen LogP contribution in [0.15, 0.2) is 49.1 Å². The summed E-state index contributed by atoms with van der Waals surface area (Å²) in [5, 5.41) is 7.14. The third-order valence-corrected chi connectivity index (χ3v) is 5.96. The molecule has 2 aromatic heterocycles. The number of amides is 1. The van der Waals surface area contributed by atoms with Crippen molar-refractivity contribution < 1.29 is 23.7 Å². The number of nitrogens with zero attached hydrogens (tertiary/aromatic N) is 4. The van der Waals surface area contributed by atoms with E-state index in [9.17, 15) is 4.79 Å². The minimum atomic E-state index is -0.309. The Hall–Kier alpha value is -3.89. The molecule has 1 saturated heterocycles. The number of nitrogens with one attached hydrogen (secondary N) is 1. The molecule has 3 heterocycles. The van der Waals surface area contributed by atoms with Gasteiger partial charge >= 0.3 is 0 Å². The molecule has 10 heteroatoms. The highest BCUT2D eigenvalue weighted by Crippen LogP contribution is 2.34. The summed E-state index contributed by atoms with van der Waals surface area (Å²) in [6, 6.07) is 9.67. The average molecular weight is 478 g/mol. The van der Waals surface area contributed by atoms with Crippen LogP contribution in [0.4, 0.5) is 0 Å². The Morgan fingerprint density at radius 3 is 2.60 bits per heavy atom. The van der Waals surface area contributed by atoms with Crippen molar-refractivity contribution in [3.8, 4) is 28.3 Å². The molecule has 1 aliphatic heterocycles. The van der Waals surface area contributed by atoms with Crippen molar-refractivity contribution in [1.82, 2.24) is 24.6 Å². The Labute approximate surface area is 202 Å². The van der Waals surface area contributed by atoms with E-state index < -0.39 is 0 Å². The van der Waals surface area contributed by atoms with Crippen molar-refractivity contribution in [3.05, 3.63) is 54.6 Å². The standard InChI is InChI=1S/C25H27N5O5/c1-29-13-17(11-28-29)16-4-5-21-20(8-16)27-15-30(21)18-9-22(32-2)24(23(10-18)33-3)25(31)26-12-19-14-34-6-7-35-19/h4-5,8-11,13,15,19H,6-7,12,14H2,1-3H3,(H,26,31)/t19-/m1/s1. The first-order chi connectivity index (χ1) is 17.1. The van der Waals surface area contributed by atoms with E-state index in [-0.39, 0.29) is 12.0 Å². The van der Waals surface area contributed by atoms with Crippen molar-refractivity contribution in [1.29, 1.82) is 0 Å². The Morgan fingerprint density at radius 1 is 1.14 bits per heavy atom. The number of hydrogen-bond donors (Lipinski definition) is 1. The fourth-order valence-corrected chi connectivity index (χ4v) is 4.18. The maximum atomic E-state index is 13.0. The lowest BCUT2D eigenvalue weighted by Gasteiger charge is -2.23. The third kappa shape index (κ3) is 4.58. The molecule has 10 nitrogen and oxygen atoms in total. The van der Waals surface area contributed by atoms with Gasteiger partial charge in [-0.15, -0.1) is 0 Å². The number of carbonyl (C=O) groups excluding carboxylic acids is 1. The summed E-state index contributed by atoms with van der Waals surface area (Å²) in [6.45, 7) is 1.87. The number of aryl methyl sites for hydroxylation is 1. The van der Waals surface area contributed by atoms with Crippen LogP contribution in [0.5, 0.6) is 11.5 Å². The predicted molar refractivity (Wildman–Crippen MR) is 129 cm³/mol. The Kier molecular flexibility index (Phi) is 6.39. The molecular weight excluding hydrogens is 450 g/mol. The van der Waals surface area contributed by atoms with Crippen LogP contribution in [0.25, 0.3) is 27.8 Å².